The van der Waals surface area contributed by atoms with Gasteiger partial charge in [0, 0.05) is 6.54 Å². The molecule has 1 aromatic carbocycles. The van der Waals surface area contributed by atoms with E-state index >= 15 is 0 Å². The van der Waals surface area contributed by atoms with Crippen molar-refractivity contribution in [1.29, 1.82) is 0 Å². The molecule has 1 aliphatic heterocycles. The third-order valence-corrected chi connectivity index (χ3v) is 2.86. The highest BCUT2D eigenvalue weighted by Crippen LogP contribution is 2.32. The fraction of sp³-hybridized carbons (Fsp3) is 0.364. The molecule has 16 heavy (non-hydrogen) atoms. The van der Waals surface area contributed by atoms with Crippen LogP contribution in [0.1, 0.15) is 5.56 Å². The van der Waals surface area contributed by atoms with E-state index in [1.165, 1.54) is 17.3 Å². The van der Waals surface area contributed by atoms with Gasteiger partial charge in [-0.1, -0.05) is 17.8 Å². The van der Waals surface area contributed by atoms with E-state index < -0.39 is 0 Å². The maximum Gasteiger partial charge on any atom is 0.231 e. The molecule has 2 N–H and O–H groups in total. The molecule has 86 valence electrons. The summed E-state index contributed by atoms with van der Waals surface area (Å²) < 4.78 is 10.5. The van der Waals surface area contributed by atoms with Crippen molar-refractivity contribution in [1.82, 2.24) is 0 Å². The van der Waals surface area contributed by atoms with Crippen LogP contribution in [-0.4, -0.2) is 24.8 Å². The largest absolute Gasteiger partial charge is 0.454 e. The van der Waals surface area contributed by atoms with Gasteiger partial charge < -0.3 is 15.2 Å². The Balaban J connectivity index is 1.95. The summed E-state index contributed by atoms with van der Waals surface area (Å²) in [6, 6.07) is 5.95. The first-order valence-electron chi connectivity index (χ1n) is 5.02. The highest BCUT2D eigenvalue weighted by molar-refractivity contribution is 8.13. The van der Waals surface area contributed by atoms with Crippen LogP contribution in [0.4, 0.5) is 0 Å². The zero-order chi connectivity index (χ0) is 11.4. The lowest BCUT2D eigenvalue weighted by atomic mass is 10.1. The Morgan fingerprint density at radius 2 is 2.25 bits per heavy atom. The maximum atomic E-state index is 5.60. The van der Waals surface area contributed by atoms with Crippen molar-refractivity contribution < 1.29 is 9.47 Å². The quantitative estimate of drug-likeness (QED) is 0.642. The van der Waals surface area contributed by atoms with Crippen molar-refractivity contribution in [3.05, 3.63) is 23.8 Å². The molecular weight excluding hydrogens is 224 g/mol. The minimum absolute atomic E-state index is 0.316. The van der Waals surface area contributed by atoms with Crippen LogP contribution in [-0.2, 0) is 6.42 Å². The third-order valence-electron chi connectivity index (χ3n) is 2.31. The molecule has 0 unspecified atom stereocenters. The lowest BCUT2D eigenvalue weighted by molar-refractivity contribution is 0.174. The molecule has 0 fully saturated rings. The zero-order valence-electron chi connectivity index (χ0n) is 9.10. The van der Waals surface area contributed by atoms with Gasteiger partial charge in [0.1, 0.15) is 0 Å². The van der Waals surface area contributed by atoms with Crippen molar-refractivity contribution in [2.45, 2.75) is 6.42 Å². The number of benzene rings is 1. The van der Waals surface area contributed by atoms with E-state index in [4.69, 9.17) is 15.2 Å². The van der Waals surface area contributed by atoms with Gasteiger partial charge in [0.05, 0.1) is 0 Å². The van der Waals surface area contributed by atoms with Crippen LogP contribution in [0.5, 0.6) is 11.5 Å². The lowest BCUT2D eigenvalue weighted by Gasteiger charge is -2.01. The minimum Gasteiger partial charge on any atom is -0.454 e. The summed E-state index contributed by atoms with van der Waals surface area (Å²) in [5.41, 5.74) is 6.78. The van der Waals surface area contributed by atoms with E-state index in [9.17, 15) is 0 Å². The summed E-state index contributed by atoms with van der Waals surface area (Å²) in [5.74, 6) is 1.63. The average molecular weight is 238 g/mol. The van der Waals surface area contributed by atoms with Crippen LogP contribution in [0.2, 0.25) is 0 Å². The predicted octanol–water partition coefficient (Wildman–Crippen LogP) is 1.64. The molecule has 5 heteroatoms. The van der Waals surface area contributed by atoms with Gasteiger partial charge in [0.2, 0.25) is 6.79 Å². The molecule has 0 aliphatic carbocycles. The highest BCUT2D eigenvalue weighted by Gasteiger charge is 2.12. The lowest BCUT2D eigenvalue weighted by Crippen LogP contribution is -2.06. The molecule has 4 nitrogen and oxygen atoms in total. The first-order chi connectivity index (χ1) is 7.79. The fourth-order valence-electron chi connectivity index (χ4n) is 1.46. The summed E-state index contributed by atoms with van der Waals surface area (Å²) >= 11 is 1.46. The molecule has 1 heterocycles. The van der Waals surface area contributed by atoms with Crippen LogP contribution >= 0.6 is 11.8 Å². The number of hydrogen-bond donors (Lipinski definition) is 1. The van der Waals surface area contributed by atoms with Crippen LogP contribution < -0.4 is 15.2 Å². The van der Waals surface area contributed by atoms with Crippen LogP contribution in [0.3, 0.4) is 0 Å². The van der Waals surface area contributed by atoms with Gasteiger partial charge in [-0.3, -0.25) is 4.99 Å². The van der Waals surface area contributed by atoms with E-state index in [0.29, 0.717) is 18.5 Å². The van der Waals surface area contributed by atoms with Gasteiger partial charge in [-0.05, 0) is 30.4 Å². The number of amidine groups is 1. The van der Waals surface area contributed by atoms with Gasteiger partial charge in [-0.2, -0.15) is 0 Å². The molecular formula is C11H14N2O2S. The second-order valence-electron chi connectivity index (χ2n) is 3.36. The Hall–Kier alpha value is -1.36. The molecule has 0 radical (unpaired) electrons. The normalized spacial score (nSPS) is 14.2. The maximum absolute atomic E-state index is 5.60. The zero-order valence-corrected chi connectivity index (χ0v) is 9.92. The Morgan fingerprint density at radius 3 is 3.06 bits per heavy atom. The topological polar surface area (TPSA) is 56.8 Å². The second kappa shape index (κ2) is 5.12. The molecule has 0 saturated carbocycles. The number of hydrogen-bond acceptors (Lipinski definition) is 4. The van der Waals surface area contributed by atoms with E-state index in [-0.39, 0.29) is 0 Å². The Morgan fingerprint density at radius 1 is 1.44 bits per heavy atom. The molecule has 0 spiro atoms. The standard InChI is InChI=1S/C11H14N2O2S/c1-16-11(12)13-5-4-8-2-3-9-10(6-8)15-7-14-9/h2-3,6H,4-5,7H2,1H3,(H2,12,13). The van der Waals surface area contributed by atoms with Crippen molar-refractivity contribution in [2.75, 3.05) is 19.6 Å². The number of nitrogens with two attached hydrogens (primary N) is 1. The Bertz CT molecular complexity index is 407. The summed E-state index contributed by atoms with van der Waals surface area (Å²) in [7, 11) is 0. The smallest absolute Gasteiger partial charge is 0.231 e. The third kappa shape index (κ3) is 2.61. The predicted molar refractivity (Wildman–Crippen MR) is 66.3 cm³/mol. The van der Waals surface area contributed by atoms with Crippen molar-refractivity contribution in [3.8, 4) is 11.5 Å². The number of rotatable bonds is 3. The highest BCUT2D eigenvalue weighted by atomic mass is 32.2. The fourth-order valence-corrected chi connectivity index (χ4v) is 1.68. The van der Waals surface area contributed by atoms with Gasteiger partial charge >= 0.3 is 0 Å². The van der Waals surface area contributed by atoms with E-state index in [1.54, 1.807) is 0 Å². The average Bonchev–Trinajstić information content (AvgIpc) is 2.76. The minimum atomic E-state index is 0.316. The van der Waals surface area contributed by atoms with E-state index in [0.717, 1.165) is 17.9 Å². The first kappa shape index (κ1) is 11.1. The van der Waals surface area contributed by atoms with Crippen molar-refractivity contribution in [3.63, 3.8) is 0 Å². The van der Waals surface area contributed by atoms with Crippen LogP contribution in [0.15, 0.2) is 23.2 Å². The van der Waals surface area contributed by atoms with Gasteiger partial charge in [-0.25, -0.2) is 0 Å². The Kier molecular flexibility index (Phi) is 3.56. The van der Waals surface area contributed by atoms with Gasteiger partial charge in [-0.15, -0.1) is 0 Å². The molecule has 2 rings (SSSR count). The van der Waals surface area contributed by atoms with Gasteiger partial charge in [0.25, 0.3) is 0 Å². The van der Waals surface area contributed by atoms with Crippen LogP contribution in [0, 0.1) is 0 Å². The van der Waals surface area contributed by atoms with Crippen molar-refractivity contribution in [2.24, 2.45) is 10.7 Å². The molecule has 1 aliphatic rings. The van der Waals surface area contributed by atoms with Gasteiger partial charge in [0.15, 0.2) is 16.7 Å². The molecule has 1 aromatic rings. The SMILES string of the molecule is CSC(N)=NCCc1ccc2c(c1)OCO2. The molecule has 0 saturated heterocycles. The first-order valence-corrected chi connectivity index (χ1v) is 6.24. The monoisotopic (exact) mass is 238 g/mol. The number of aliphatic imine (C=N–C) groups is 1. The van der Waals surface area contributed by atoms with E-state index in [1.807, 2.05) is 24.5 Å². The molecule has 0 amide bonds. The number of thioether (sulfide) groups is 1. The Labute approximate surface area is 98.8 Å². The molecule has 0 atom stereocenters. The van der Waals surface area contributed by atoms with E-state index in [2.05, 4.69) is 4.99 Å². The number of nitrogens with zero attached hydrogens (tertiary/aromatic N) is 1. The number of fused-ring (bicyclic) bond motifs is 1. The van der Waals surface area contributed by atoms with Crippen LogP contribution in [0.25, 0.3) is 0 Å². The second-order valence-corrected chi connectivity index (χ2v) is 4.19. The number of ether oxygens (including phenoxy) is 2. The summed E-state index contributed by atoms with van der Waals surface area (Å²) in [6.07, 6.45) is 2.78. The summed E-state index contributed by atoms with van der Waals surface area (Å²) in [5, 5.41) is 0.626. The summed E-state index contributed by atoms with van der Waals surface area (Å²) in [4.78, 5) is 4.22. The summed E-state index contributed by atoms with van der Waals surface area (Å²) in [6.45, 7) is 1.02. The molecule has 0 bridgehead atoms. The molecule has 0 aromatic heterocycles. The van der Waals surface area contributed by atoms with Crippen molar-refractivity contribution >= 4 is 16.9 Å².